The molecule has 0 aliphatic carbocycles. The smallest absolute Gasteiger partial charge is 0.374 e. The van der Waals surface area contributed by atoms with Crippen molar-refractivity contribution in [3.8, 4) is 6.07 Å². The Morgan fingerprint density at radius 2 is 1.97 bits per heavy atom. The fourth-order valence-corrected chi connectivity index (χ4v) is 2.81. The number of H-pyrrole nitrogens is 1. The molecular weight excluding hydrogens is 374 g/mol. The molecule has 2 aromatic carbocycles. The van der Waals surface area contributed by atoms with Gasteiger partial charge in [-0.05, 0) is 24.3 Å². The lowest BCUT2D eigenvalue weighted by Crippen LogP contribution is -2.12. The highest BCUT2D eigenvalue weighted by Crippen LogP contribution is 2.19. The summed E-state index contributed by atoms with van der Waals surface area (Å²) in [5.74, 6) is -1.58. The molecule has 4 aromatic rings. The maximum atomic E-state index is 12.2. The minimum atomic E-state index is -0.943. The number of aliphatic hydroxyl groups is 1. The van der Waals surface area contributed by atoms with Gasteiger partial charge in [0, 0.05) is 6.07 Å². The molecule has 0 aliphatic heterocycles. The van der Waals surface area contributed by atoms with Crippen molar-refractivity contribution in [2.75, 3.05) is 6.61 Å². The van der Waals surface area contributed by atoms with E-state index >= 15 is 0 Å². The van der Waals surface area contributed by atoms with Gasteiger partial charge in [0.2, 0.25) is 5.76 Å². The zero-order valence-electron chi connectivity index (χ0n) is 14.9. The van der Waals surface area contributed by atoms with E-state index in [1.165, 1.54) is 0 Å². The van der Waals surface area contributed by atoms with E-state index in [9.17, 15) is 20.0 Å². The Hall–Kier alpha value is -4.38. The summed E-state index contributed by atoms with van der Waals surface area (Å²) in [5.41, 5.74) is 1.01. The molecule has 8 nitrogen and oxygen atoms in total. The quantitative estimate of drug-likeness (QED) is 0.312. The van der Waals surface area contributed by atoms with Crippen LogP contribution in [0, 0.1) is 11.3 Å². The van der Waals surface area contributed by atoms with Gasteiger partial charge < -0.3 is 19.2 Å². The molecule has 2 aromatic heterocycles. The van der Waals surface area contributed by atoms with Crippen LogP contribution in [-0.2, 0) is 4.74 Å². The summed E-state index contributed by atoms with van der Waals surface area (Å²) in [7, 11) is 0. The monoisotopic (exact) mass is 387 g/mol. The molecule has 0 spiro atoms. The number of aromatic amines is 1. The Labute approximate surface area is 163 Å². The number of nitrogens with one attached hydrogen (secondary N) is 1. The third kappa shape index (κ3) is 3.44. The number of aromatic nitrogens is 2. The Kier molecular flexibility index (Phi) is 4.55. The van der Waals surface area contributed by atoms with Gasteiger partial charge in [-0.1, -0.05) is 24.3 Å². The van der Waals surface area contributed by atoms with Gasteiger partial charge in [0.1, 0.15) is 17.2 Å². The highest BCUT2D eigenvalue weighted by molar-refractivity contribution is 5.89. The summed E-state index contributed by atoms with van der Waals surface area (Å²) in [6.45, 7) is -0.588. The summed E-state index contributed by atoms with van der Waals surface area (Å²) < 4.78 is 10.4. The fraction of sp³-hybridized carbons (Fsp3) is 0.0476. The van der Waals surface area contributed by atoms with Gasteiger partial charge in [-0.3, -0.25) is 4.79 Å². The average Bonchev–Trinajstić information content (AvgIpc) is 3.16. The van der Waals surface area contributed by atoms with Crippen LogP contribution in [0.1, 0.15) is 16.4 Å². The Morgan fingerprint density at radius 3 is 2.76 bits per heavy atom. The normalized spacial score (nSPS) is 11.8. The van der Waals surface area contributed by atoms with E-state index in [1.54, 1.807) is 48.5 Å². The number of ether oxygens (including phenoxy) is 1. The molecule has 0 atom stereocenters. The van der Waals surface area contributed by atoms with Crippen LogP contribution in [0.5, 0.6) is 0 Å². The number of nitriles is 1. The number of hydrogen-bond acceptors (Lipinski definition) is 7. The van der Waals surface area contributed by atoms with Gasteiger partial charge in [0.25, 0.3) is 0 Å². The highest BCUT2D eigenvalue weighted by Gasteiger charge is 2.17. The van der Waals surface area contributed by atoms with E-state index in [-0.39, 0.29) is 22.7 Å². The first-order valence-corrected chi connectivity index (χ1v) is 8.54. The summed E-state index contributed by atoms with van der Waals surface area (Å²) >= 11 is 0. The second-order valence-electron chi connectivity index (χ2n) is 6.08. The lowest BCUT2D eigenvalue weighted by atomic mass is 10.2. The number of benzene rings is 2. The predicted octanol–water partition coefficient (Wildman–Crippen LogP) is 3.32. The first kappa shape index (κ1) is 18.0. The van der Waals surface area contributed by atoms with Crippen molar-refractivity contribution in [1.82, 2.24) is 9.97 Å². The molecule has 2 heterocycles. The minimum absolute atomic E-state index is 0.152. The second kappa shape index (κ2) is 7.32. The largest absolute Gasteiger partial charge is 0.507 e. The first-order chi connectivity index (χ1) is 14.1. The van der Waals surface area contributed by atoms with Gasteiger partial charge in [-0.25, -0.2) is 9.78 Å². The number of allylic oxidation sites excluding steroid dienone is 1. The molecular formula is C21H13N3O5. The molecule has 2 N–H and O–H groups in total. The van der Waals surface area contributed by atoms with Crippen molar-refractivity contribution in [3.63, 3.8) is 0 Å². The third-order valence-corrected chi connectivity index (χ3v) is 4.20. The fourth-order valence-electron chi connectivity index (χ4n) is 2.81. The number of esters is 1. The van der Waals surface area contributed by atoms with Crippen LogP contribution < -0.4 is 5.43 Å². The molecule has 0 aliphatic rings. The van der Waals surface area contributed by atoms with Gasteiger partial charge in [-0.15, -0.1) is 0 Å². The number of hydrogen-bond donors (Lipinski definition) is 2. The van der Waals surface area contributed by atoms with Gasteiger partial charge in [-0.2, -0.15) is 5.26 Å². The molecule has 29 heavy (non-hydrogen) atoms. The molecule has 142 valence electrons. The molecule has 0 radical (unpaired) electrons. The van der Waals surface area contributed by atoms with Crippen LogP contribution in [0.4, 0.5) is 0 Å². The lowest BCUT2D eigenvalue weighted by Gasteiger charge is -2.05. The van der Waals surface area contributed by atoms with Crippen LogP contribution in [0.2, 0.25) is 0 Å². The Morgan fingerprint density at radius 1 is 1.21 bits per heavy atom. The molecule has 0 amide bonds. The van der Waals surface area contributed by atoms with Crippen LogP contribution in [0.15, 0.2) is 69.6 Å². The van der Waals surface area contributed by atoms with Crippen molar-refractivity contribution in [2.45, 2.75) is 0 Å². The molecule has 0 bridgehead atoms. The van der Waals surface area contributed by atoms with Crippen molar-refractivity contribution in [3.05, 3.63) is 82.2 Å². The SMILES string of the molecule is N#C/C(=C(\O)COC(=O)c1cc(=O)c2ccccc2o1)c1nc2ccccc2[nH]1. The highest BCUT2D eigenvalue weighted by atomic mass is 16.6. The van der Waals surface area contributed by atoms with E-state index in [0.717, 1.165) is 6.07 Å². The average molecular weight is 387 g/mol. The molecule has 0 fully saturated rings. The van der Waals surface area contributed by atoms with Crippen LogP contribution in [0.3, 0.4) is 0 Å². The lowest BCUT2D eigenvalue weighted by molar-refractivity contribution is 0.0467. The molecule has 0 saturated heterocycles. The van der Waals surface area contributed by atoms with Crippen molar-refractivity contribution in [2.24, 2.45) is 0 Å². The van der Waals surface area contributed by atoms with Crippen molar-refractivity contribution in [1.29, 1.82) is 5.26 Å². The molecule has 8 heteroatoms. The molecule has 0 unspecified atom stereocenters. The number of rotatable bonds is 4. The van der Waals surface area contributed by atoms with Crippen LogP contribution >= 0.6 is 0 Å². The summed E-state index contributed by atoms with van der Waals surface area (Å²) in [6, 6.07) is 16.5. The molecule has 0 saturated carbocycles. The summed E-state index contributed by atoms with van der Waals surface area (Å²) in [6.07, 6.45) is 0. The van der Waals surface area contributed by atoms with E-state index in [2.05, 4.69) is 9.97 Å². The number of aliphatic hydroxyl groups excluding tert-OH is 1. The van der Waals surface area contributed by atoms with Crippen molar-refractivity contribution < 1.29 is 19.1 Å². The number of fused-ring (bicyclic) bond motifs is 2. The van der Waals surface area contributed by atoms with Crippen molar-refractivity contribution >= 4 is 33.5 Å². The molecule has 4 rings (SSSR count). The maximum absolute atomic E-state index is 12.2. The maximum Gasteiger partial charge on any atom is 0.374 e. The Balaban J connectivity index is 1.57. The van der Waals surface area contributed by atoms with E-state index in [1.807, 2.05) is 6.07 Å². The number of carbonyl (C=O) groups is 1. The standard InChI is InChI=1S/C21H13N3O5/c22-10-13(20-23-14-6-2-3-7-15(14)24-20)17(26)11-28-21(27)19-9-16(25)12-5-1-4-8-18(12)29-19/h1-9,26H,11H2,(H,23,24)/b17-13+. The number of imidazole rings is 1. The zero-order chi connectivity index (χ0) is 20.4. The van der Waals surface area contributed by atoms with E-state index in [0.29, 0.717) is 16.4 Å². The Bertz CT molecular complexity index is 1340. The number of para-hydroxylation sites is 3. The van der Waals surface area contributed by atoms with E-state index in [4.69, 9.17) is 9.15 Å². The van der Waals surface area contributed by atoms with Gasteiger partial charge in [0.05, 0.1) is 16.4 Å². The summed E-state index contributed by atoms with van der Waals surface area (Å²) in [4.78, 5) is 31.5. The minimum Gasteiger partial charge on any atom is -0.507 e. The predicted molar refractivity (Wildman–Crippen MR) is 104 cm³/mol. The third-order valence-electron chi connectivity index (χ3n) is 4.20. The zero-order valence-corrected chi connectivity index (χ0v) is 14.9. The van der Waals surface area contributed by atoms with Gasteiger partial charge >= 0.3 is 5.97 Å². The second-order valence-corrected chi connectivity index (χ2v) is 6.08. The number of nitrogens with zero attached hydrogens (tertiary/aromatic N) is 2. The van der Waals surface area contributed by atoms with Gasteiger partial charge in [0.15, 0.2) is 23.6 Å². The van der Waals surface area contributed by atoms with E-state index < -0.39 is 23.8 Å². The first-order valence-electron chi connectivity index (χ1n) is 8.54. The van der Waals surface area contributed by atoms with Crippen LogP contribution in [0.25, 0.3) is 27.6 Å². The summed E-state index contributed by atoms with van der Waals surface area (Å²) in [5, 5.41) is 20.0. The number of carbonyl (C=O) groups excluding carboxylic acids is 1. The topological polar surface area (TPSA) is 129 Å². The van der Waals surface area contributed by atoms with Crippen LogP contribution in [-0.4, -0.2) is 27.7 Å².